The SMILES string of the molecule is CCCCC/C=C\C/C=C\C/C=C\C/C=C\CCCCCC(=O)OC(CCCCC/C=C/C=C/C=C/CCCCCCC)CC(=O)NC(CO)C(O)CCCCCCCCCCCCC. The molecule has 6 nitrogen and oxygen atoms in total. The van der Waals surface area contributed by atoms with Gasteiger partial charge in [0.15, 0.2) is 0 Å². The molecule has 0 aliphatic carbocycles. The van der Waals surface area contributed by atoms with E-state index in [4.69, 9.17) is 4.74 Å². The molecule has 0 aromatic heterocycles. The largest absolute Gasteiger partial charge is 0.462 e. The summed E-state index contributed by atoms with van der Waals surface area (Å²) >= 11 is 0. The monoisotopic (exact) mass is 906 g/mol. The first-order chi connectivity index (χ1) is 32.0. The molecule has 0 heterocycles. The molecule has 0 aliphatic rings. The number of allylic oxidation sites excluding steroid dienone is 14. The van der Waals surface area contributed by atoms with Crippen molar-refractivity contribution < 1.29 is 24.5 Å². The van der Waals surface area contributed by atoms with Crippen molar-refractivity contribution in [3.8, 4) is 0 Å². The highest BCUT2D eigenvalue weighted by atomic mass is 16.5. The average molecular weight is 906 g/mol. The Kier molecular flexibility index (Phi) is 49.6. The van der Waals surface area contributed by atoms with Gasteiger partial charge in [0.1, 0.15) is 6.10 Å². The Hall–Kier alpha value is -2.96. The lowest BCUT2D eigenvalue weighted by Crippen LogP contribution is -2.46. The van der Waals surface area contributed by atoms with Crippen LogP contribution in [0.2, 0.25) is 0 Å². The zero-order valence-corrected chi connectivity index (χ0v) is 42.6. The van der Waals surface area contributed by atoms with Crippen LogP contribution in [0.15, 0.2) is 85.1 Å². The van der Waals surface area contributed by atoms with E-state index in [1.54, 1.807) is 0 Å². The maximum Gasteiger partial charge on any atom is 0.306 e. The molecule has 0 rings (SSSR count). The summed E-state index contributed by atoms with van der Waals surface area (Å²) in [6, 6.07) is -0.724. The van der Waals surface area contributed by atoms with Crippen LogP contribution in [0.4, 0.5) is 0 Å². The number of unbranched alkanes of at least 4 members (excludes halogenated alkanes) is 24. The fourth-order valence-electron chi connectivity index (χ4n) is 7.83. The molecule has 3 unspecified atom stereocenters. The van der Waals surface area contributed by atoms with Crippen molar-refractivity contribution in [2.24, 2.45) is 0 Å². The van der Waals surface area contributed by atoms with E-state index in [-0.39, 0.29) is 24.9 Å². The van der Waals surface area contributed by atoms with Gasteiger partial charge in [-0.25, -0.2) is 0 Å². The van der Waals surface area contributed by atoms with Gasteiger partial charge in [-0.2, -0.15) is 0 Å². The molecule has 0 aliphatic heterocycles. The van der Waals surface area contributed by atoms with Gasteiger partial charge in [0.2, 0.25) is 5.91 Å². The van der Waals surface area contributed by atoms with Crippen LogP contribution in [0.25, 0.3) is 0 Å². The van der Waals surface area contributed by atoms with E-state index >= 15 is 0 Å². The number of nitrogens with one attached hydrogen (secondary N) is 1. The molecule has 0 radical (unpaired) electrons. The van der Waals surface area contributed by atoms with Crippen LogP contribution in [0.5, 0.6) is 0 Å². The normalized spacial score (nSPS) is 13.9. The van der Waals surface area contributed by atoms with Crippen LogP contribution in [-0.2, 0) is 14.3 Å². The topological polar surface area (TPSA) is 95.9 Å². The zero-order valence-electron chi connectivity index (χ0n) is 42.6. The summed E-state index contributed by atoms with van der Waals surface area (Å²) in [6.45, 7) is 6.42. The van der Waals surface area contributed by atoms with E-state index in [1.165, 1.54) is 109 Å². The molecule has 0 fully saturated rings. The number of hydrogen-bond donors (Lipinski definition) is 3. The highest BCUT2D eigenvalue weighted by Crippen LogP contribution is 2.17. The van der Waals surface area contributed by atoms with Gasteiger partial charge in [0.05, 0.1) is 25.2 Å². The van der Waals surface area contributed by atoms with E-state index < -0.39 is 18.2 Å². The minimum Gasteiger partial charge on any atom is -0.462 e. The summed E-state index contributed by atoms with van der Waals surface area (Å²) < 4.78 is 5.92. The minimum atomic E-state index is -0.807. The molecule has 0 aromatic carbocycles. The third kappa shape index (κ3) is 47.3. The molecule has 3 atom stereocenters. The van der Waals surface area contributed by atoms with Crippen molar-refractivity contribution in [1.29, 1.82) is 0 Å². The first-order valence-electron chi connectivity index (χ1n) is 27.3. The number of amides is 1. The van der Waals surface area contributed by atoms with Gasteiger partial charge in [-0.3, -0.25) is 9.59 Å². The van der Waals surface area contributed by atoms with Gasteiger partial charge in [-0.05, 0) is 96.3 Å². The second kappa shape index (κ2) is 52.0. The Morgan fingerprint density at radius 2 is 0.846 bits per heavy atom. The number of rotatable bonds is 48. The maximum absolute atomic E-state index is 13.2. The molecule has 0 spiro atoms. The number of hydrogen-bond acceptors (Lipinski definition) is 5. The molecule has 65 heavy (non-hydrogen) atoms. The summed E-state index contributed by atoms with van der Waals surface area (Å²) in [6.07, 6.45) is 67.8. The fraction of sp³-hybridized carbons (Fsp3) is 0.729. The van der Waals surface area contributed by atoms with Crippen molar-refractivity contribution >= 4 is 11.9 Å². The molecular weight excluding hydrogens is 803 g/mol. The number of carbonyl (C=O) groups is 2. The van der Waals surface area contributed by atoms with E-state index in [1.807, 2.05) is 0 Å². The third-order valence-corrected chi connectivity index (χ3v) is 12.0. The van der Waals surface area contributed by atoms with E-state index in [2.05, 4.69) is 111 Å². The lowest BCUT2D eigenvalue weighted by molar-refractivity contribution is -0.151. The van der Waals surface area contributed by atoms with Crippen LogP contribution < -0.4 is 5.32 Å². The summed E-state index contributed by atoms with van der Waals surface area (Å²) in [5, 5.41) is 23.8. The van der Waals surface area contributed by atoms with Crippen molar-refractivity contribution in [2.75, 3.05) is 6.61 Å². The Morgan fingerprint density at radius 1 is 0.462 bits per heavy atom. The second-order valence-electron chi connectivity index (χ2n) is 18.3. The minimum absolute atomic E-state index is 0.0381. The Labute approximate surface area is 402 Å². The standard InChI is InChI=1S/C59H103NO5/c1-4-7-10-13-16-19-22-24-26-28-29-30-32-34-37-40-43-46-49-52-59(64)65-55(50-47-44-41-38-36-33-31-27-25-23-20-17-14-11-8-5-2)53-58(63)60-56(54-61)57(62)51-48-45-42-39-35-21-18-15-12-9-6-3/h16,19,23-27,29-31,33-34,36-37,55-57,61-62H,4-15,17-18,20-22,28,32,35,38-54H2,1-3H3,(H,60,63)/b19-16-,25-23+,26-24-,30-29-,31-27+,36-33+,37-34-. The van der Waals surface area contributed by atoms with Crippen LogP contribution in [-0.4, -0.2) is 46.9 Å². The van der Waals surface area contributed by atoms with Gasteiger partial charge in [0.25, 0.3) is 0 Å². The van der Waals surface area contributed by atoms with Gasteiger partial charge in [-0.15, -0.1) is 0 Å². The number of aliphatic hydroxyl groups excluding tert-OH is 2. The first-order valence-corrected chi connectivity index (χ1v) is 27.3. The van der Waals surface area contributed by atoms with Crippen molar-refractivity contribution in [3.05, 3.63) is 85.1 Å². The fourth-order valence-corrected chi connectivity index (χ4v) is 7.83. The molecule has 3 N–H and O–H groups in total. The zero-order chi connectivity index (χ0) is 47.4. The predicted molar refractivity (Wildman–Crippen MR) is 282 cm³/mol. The predicted octanol–water partition coefficient (Wildman–Crippen LogP) is 16.7. The van der Waals surface area contributed by atoms with Gasteiger partial charge >= 0.3 is 5.97 Å². The van der Waals surface area contributed by atoms with Gasteiger partial charge < -0.3 is 20.3 Å². The summed E-state index contributed by atoms with van der Waals surface area (Å²) in [7, 11) is 0. The maximum atomic E-state index is 13.2. The highest BCUT2D eigenvalue weighted by molar-refractivity contribution is 5.77. The molecule has 0 saturated heterocycles. The first kappa shape index (κ1) is 62.0. The lowest BCUT2D eigenvalue weighted by Gasteiger charge is -2.24. The Morgan fingerprint density at radius 3 is 1.35 bits per heavy atom. The van der Waals surface area contributed by atoms with Crippen LogP contribution in [0.3, 0.4) is 0 Å². The number of esters is 1. The molecular formula is C59H103NO5. The van der Waals surface area contributed by atoms with Gasteiger partial charge in [-0.1, -0.05) is 228 Å². The molecule has 0 aromatic rings. The average Bonchev–Trinajstić information content (AvgIpc) is 3.30. The van der Waals surface area contributed by atoms with Crippen LogP contribution in [0.1, 0.15) is 252 Å². The lowest BCUT2D eigenvalue weighted by atomic mass is 10.0. The molecule has 6 heteroatoms. The summed E-state index contributed by atoms with van der Waals surface area (Å²) in [4.78, 5) is 26.2. The van der Waals surface area contributed by atoms with Gasteiger partial charge in [0, 0.05) is 6.42 Å². The molecule has 1 amide bonds. The second-order valence-corrected chi connectivity index (χ2v) is 18.3. The summed E-state index contributed by atoms with van der Waals surface area (Å²) in [5.74, 6) is -0.546. The van der Waals surface area contributed by atoms with Crippen molar-refractivity contribution in [1.82, 2.24) is 5.32 Å². The molecule has 374 valence electrons. The van der Waals surface area contributed by atoms with E-state index in [0.717, 1.165) is 96.3 Å². The number of aliphatic hydroxyl groups is 2. The third-order valence-electron chi connectivity index (χ3n) is 12.0. The molecule has 0 saturated carbocycles. The van der Waals surface area contributed by atoms with Crippen molar-refractivity contribution in [2.45, 2.75) is 270 Å². The smallest absolute Gasteiger partial charge is 0.306 e. The van der Waals surface area contributed by atoms with Crippen LogP contribution in [0, 0.1) is 0 Å². The summed E-state index contributed by atoms with van der Waals surface area (Å²) in [5.41, 5.74) is 0. The quantitative estimate of drug-likeness (QED) is 0.0245. The Bertz CT molecular complexity index is 1250. The van der Waals surface area contributed by atoms with E-state index in [0.29, 0.717) is 19.3 Å². The van der Waals surface area contributed by atoms with Crippen LogP contribution >= 0.6 is 0 Å². The number of carbonyl (C=O) groups excluding carboxylic acids is 2. The van der Waals surface area contributed by atoms with E-state index in [9.17, 15) is 19.8 Å². The number of ether oxygens (including phenoxy) is 1. The Balaban J connectivity index is 4.72. The molecule has 0 bridgehead atoms. The highest BCUT2D eigenvalue weighted by Gasteiger charge is 2.24. The van der Waals surface area contributed by atoms with Crippen molar-refractivity contribution in [3.63, 3.8) is 0 Å².